The van der Waals surface area contributed by atoms with Crippen LogP contribution in [0.5, 0.6) is 0 Å². The molecular formula is C50H82O. The molecule has 0 rings (SSSR count). The molecule has 288 valence electrons. The zero-order chi connectivity index (χ0) is 38.5. The highest BCUT2D eigenvalue weighted by atomic mass is 16.3. The van der Waals surface area contributed by atoms with Crippen LogP contribution in [-0.2, 0) is 0 Å². The van der Waals surface area contributed by atoms with Gasteiger partial charge in [-0.05, 0) is 192 Å². The summed E-state index contributed by atoms with van der Waals surface area (Å²) in [6.07, 6.45) is 43.4. The van der Waals surface area contributed by atoms with Gasteiger partial charge in [0.05, 0.1) is 5.60 Å². The minimum Gasteiger partial charge on any atom is -0.386 e. The Morgan fingerprint density at radius 3 is 0.765 bits per heavy atom. The van der Waals surface area contributed by atoms with Gasteiger partial charge in [0.15, 0.2) is 0 Å². The molecule has 1 nitrogen and oxygen atoms in total. The Bertz CT molecular complexity index is 1260. The van der Waals surface area contributed by atoms with E-state index in [1.165, 1.54) is 95.1 Å². The highest BCUT2D eigenvalue weighted by molar-refractivity contribution is 5.11. The average molecular weight is 699 g/mol. The van der Waals surface area contributed by atoms with Crippen molar-refractivity contribution < 1.29 is 5.11 Å². The third kappa shape index (κ3) is 31.8. The van der Waals surface area contributed by atoms with Crippen LogP contribution >= 0.6 is 0 Å². The molecule has 0 spiro atoms. The molecule has 51 heavy (non-hydrogen) atoms. The monoisotopic (exact) mass is 699 g/mol. The smallest absolute Gasteiger partial charge is 0.0800 e. The average Bonchev–Trinajstić information content (AvgIpc) is 3.04. The van der Waals surface area contributed by atoms with E-state index in [1.807, 2.05) is 6.92 Å². The molecule has 0 saturated carbocycles. The molecule has 0 aromatic heterocycles. The van der Waals surface area contributed by atoms with Gasteiger partial charge in [-0.1, -0.05) is 111 Å². The fourth-order valence-electron chi connectivity index (χ4n) is 5.94. The minimum absolute atomic E-state index is 0.731. The fraction of sp³-hybridized carbons (Fsp3) is 0.600. The minimum atomic E-state index is -0.761. The van der Waals surface area contributed by atoms with Crippen LogP contribution < -0.4 is 0 Å². The van der Waals surface area contributed by atoms with Crippen LogP contribution in [0.4, 0.5) is 0 Å². The Kier molecular flexibility index (Phi) is 28.3. The molecule has 0 heterocycles. The largest absolute Gasteiger partial charge is 0.386 e. The van der Waals surface area contributed by atoms with Crippen molar-refractivity contribution in [3.63, 3.8) is 0 Å². The van der Waals surface area contributed by atoms with Crippen molar-refractivity contribution in [1.82, 2.24) is 0 Å². The lowest BCUT2D eigenvalue weighted by Gasteiger charge is -2.16. The second-order valence-corrected chi connectivity index (χ2v) is 16.1. The van der Waals surface area contributed by atoms with Gasteiger partial charge >= 0.3 is 0 Å². The maximum Gasteiger partial charge on any atom is 0.0800 e. The van der Waals surface area contributed by atoms with Gasteiger partial charge in [0.2, 0.25) is 0 Å². The molecule has 0 aliphatic heterocycles. The summed E-state index contributed by atoms with van der Waals surface area (Å²) >= 11 is 0. The Balaban J connectivity index is 4.25. The van der Waals surface area contributed by atoms with Gasteiger partial charge in [-0.25, -0.2) is 0 Å². The van der Waals surface area contributed by atoms with Crippen LogP contribution in [0.2, 0.25) is 0 Å². The Morgan fingerprint density at radius 1 is 0.373 bits per heavy atom. The first-order valence-electron chi connectivity index (χ1n) is 20.4. The number of hydrogen-bond donors (Lipinski definition) is 1. The lowest BCUT2D eigenvalue weighted by molar-refractivity contribution is 0.103. The Labute approximate surface area is 319 Å². The van der Waals surface area contributed by atoms with Gasteiger partial charge in [-0.3, -0.25) is 0 Å². The zero-order valence-electron chi connectivity index (χ0n) is 35.7. The number of rotatable bonds is 28. The van der Waals surface area contributed by atoms with Gasteiger partial charge < -0.3 is 5.11 Å². The summed E-state index contributed by atoms with van der Waals surface area (Å²) < 4.78 is 0. The van der Waals surface area contributed by atoms with Gasteiger partial charge in [-0.15, -0.1) is 6.58 Å². The highest BCUT2D eigenvalue weighted by Crippen LogP contribution is 2.19. The van der Waals surface area contributed by atoms with Gasteiger partial charge in [0.25, 0.3) is 0 Å². The first kappa shape index (κ1) is 48.4. The van der Waals surface area contributed by atoms with Crippen molar-refractivity contribution in [2.24, 2.45) is 0 Å². The summed E-state index contributed by atoms with van der Waals surface area (Å²) in [4.78, 5) is 0. The normalized spacial score (nSPS) is 15.7. The predicted molar refractivity (Wildman–Crippen MR) is 233 cm³/mol. The van der Waals surface area contributed by atoms with Crippen molar-refractivity contribution >= 4 is 0 Å². The summed E-state index contributed by atoms with van der Waals surface area (Å²) in [5, 5.41) is 10.1. The standard InChI is InChI=1S/C50H82O/c1-13-50(12,51)40-22-39-49(11)38-21-37-48(10)36-20-35-47(9)34-19-33-46(8)32-18-31-45(7)30-17-29-44(6)28-16-27-43(5)26-15-25-42(4)24-14-23-41(2)3/h13,23,25,27,29,31,33,35,37,39,51H,1,14-22,24,26,28,30,32,34,36,38,40H2,2-12H3/b42-25+,43-27+,44-29+,45-31+,46-33+,47-35+,48-37+,49-39+. The molecular weight excluding hydrogens is 617 g/mol. The predicted octanol–water partition coefficient (Wildman–Crippen LogP) is 16.5. The number of aliphatic hydroxyl groups is 1. The Hall–Kier alpha value is -2.64. The molecule has 0 saturated heterocycles. The van der Waals surface area contributed by atoms with Crippen LogP contribution in [0.1, 0.15) is 192 Å². The van der Waals surface area contributed by atoms with Crippen molar-refractivity contribution in [3.05, 3.63) is 117 Å². The van der Waals surface area contributed by atoms with E-state index in [-0.39, 0.29) is 0 Å². The first-order chi connectivity index (χ1) is 24.1. The molecule has 0 radical (unpaired) electrons. The molecule has 0 aliphatic carbocycles. The molecule has 1 heteroatoms. The van der Waals surface area contributed by atoms with E-state index in [9.17, 15) is 5.11 Å². The molecule has 0 aliphatic rings. The fourth-order valence-corrected chi connectivity index (χ4v) is 5.94. The maximum atomic E-state index is 10.1. The quantitative estimate of drug-likeness (QED) is 0.0807. The lowest BCUT2D eigenvalue weighted by Crippen LogP contribution is -2.19. The van der Waals surface area contributed by atoms with Crippen molar-refractivity contribution in [1.29, 1.82) is 0 Å². The second-order valence-electron chi connectivity index (χ2n) is 16.1. The summed E-state index contributed by atoms with van der Waals surface area (Å²) in [6, 6.07) is 0. The first-order valence-corrected chi connectivity index (χ1v) is 20.4. The highest BCUT2D eigenvalue weighted by Gasteiger charge is 2.13. The van der Waals surface area contributed by atoms with E-state index in [4.69, 9.17) is 0 Å². The summed E-state index contributed by atoms with van der Waals surface area (Å²) in [7, 11) is 0. The molecule has 0 fully saturated rings. The van der Waals surface area contributed by atoms with Crippen LogP contribution in [0.3, 0.4) is 0 Å². The molecule has 0 amide bonds. The maximum absolute atomic E-state index is 10.1. The SMILES string of the molecule is C=CC(C)(O)CC/C=C(\C)CC/C=C(\C)CC/C=C(\C)CC/C=C(\C)CC/C=C(\C)CC/C=C(\C)CC/C=C(\C)CC/C=C(\C)CCC=C(C)C. The van der Waals surface area contributed by atoms with Gasteiger partial charge in [0, 0.05) is 0 Å². The number of hydrogen-bond acceptors (Lipinski definition) is 1. The van der Waals surface area contributed by atoms with E-state index in [2.05, 4.69) is 131 Å². The van der Waals surface area contributed by atoms with E-state index in [1.54, 1.807) is 6.08 Å². The molecule has 0 aromatic rings. The molecule has 0 bridgehead atoms. The lowest BCUT2D eigenvalue weighted by atomic mass is 9.99. The van der Waals surface area contributed by atoms with E-state index < -0.39 is 5.60 Å². The van der Waals surface area contributed by atoms with Crippen molar-refractivity contribution in [2.75, 3.05) is 0 Å². The van der Waals surface area contributed by atoms with E-state index >= 15 is 0 Å². The molecule has 1 unspecified atom stereocenters. The zero-order valence-corrected chi connectivity index (χ0v) is 35.7. The van der Waals surface area contributed by atoms with Gasteiger partial charge in [0.1, 0.15) is 0 Å². The van der Waals surface area contributed by atoms with Crippen LogP contribution in [0, 0.1) is 0 Å². The van der Waals surface area contributed by atoms with Crippen LogP contribution in [0.25, 0.3) is 0 Å². The molecule has 1 atom stereocenters. The van der Waals surface area contributed by atoms with Crippen molar-refractivity contribution in [3.8, 4) is 0 Å². The van der Waals surface area contributed by atoms with Crippen LogP contribution in [-0.4, -0.2) is 10.7 Å². The summed E-state index contributed by atoms with van der Waals surface area (Å²) in [6.45, 7) is 28.1. The summed E-state index contributed by atoms with van der Waals surface area (Å²) in [5.41, 5.74) is 12.7. The topological polar surface area (TPSA) is 20.2 Å². The summed E-state index contributed by atoms with van der Waals surface area (Å²) in [5.74, 6) is 0. The second kappa shape index (κ2) is 29.9. The third-order valence-corrected chi connectivity index (χ3v) is 9.89. The molecule has 1 N–H and O–H groups in total. The molecule has 0 aromatic carbocycles. The van der Waals surface area contributed by atoms with Gasteiger partial charge in [-0.2, -0.15) is 0 Å². The number of allylic oxidation sites excluding steroid dienone is 18. The Morgan fingerprint density at radius 2 is 0.569 bits per heavy atom. The van der Waals surface area contributed by atoms with Crippen LogP contribution in [0.15, 0.2) is 117 Å². The van der Waals surface area contributed by atoms with E-state index in [0.717, 1.165) is 70.6 Å². The van der Waals surface area contributed by atoms with Crippen molar-refractivity contribution in [2.45, 2.75) is 197 Å². The third-order valence-electron chi connectivity index (χ3n) is 9.89. The van der Waals surface area contributed by atoms with E-state index in [0.29, 0.717) is 0 Å².